The van der Waals surface area contributed by atoms with Crippen molar-refractivity contribution in [2.45, 2.75) is 44.2 Å². The second-order valence-electron chi connectivity index (χ2n) is 4.96. The van der Waals surface area contributed by atoms with Crippen molar-refractivity contribution in [2.75, 3.05) is 0 Å². The van der Waals surface area contributed by atoms with E-state index in [4.69, 9.17) is 0 Å². The zero-order valence-corrected chi connectivity index (χ0v) is 11.1. The Kier molecular flexibility index (Phi) is 3.48. The maximum absolute atomic E-state index is 10.1. The molecule has 1 atom stereocenters. The second kappa shape index (κ2) is 5.24. The molecule has 1 fully saturated rings. The molecule has 2 aromatic rings. The zero-order chi connectivity index (χ0) is 12.4. The lowest BCUT2D eigenvalue weighted by Crippen LogP contribution is -2.07. The topological polar surface area (TPSA) is 38.0 Å². The summed E-state index contributed by atoms with van der Waals surface area (Å²) in [5.41, 5.74) is 0.989. The first-order valence-corrected chi connectivity index (χ1v) is 7.46. The maximum atomic E-state index is 10.1. The van der Waals surface area contributed by atoms with Crippen LogP contribution >= 0.6 is 11.3 Å². The van der Waals surface area contributed by atoms with E-state index in [1.807, 2.05) is 23.6 Å². The highest BCUT2D eigenvalue weighted by Crippen LogP contribution is 2.29. The predicted molar refractivity (Wildman–Crippen MR) is 72.7 cm³/mol. The van der Waals surface area contributed by atoms with Gasteiger partial charge in [0.15, 0.2) is 0 Å². The summed E-state index contributed by atoms with van der Waals surface area (Å²) < 4.78 is 2.09. The van der Waals surface area contributed by atoms with Crippen molar-refractivity contribution in [3.05, 3.63) is 40.3 Å². The summed E-state index contributed by atoms with van der Waals surface area (Å²) in [6.07, 6.45) is 7.38. The Morgan fingerprint density at radius 1 is 1.39 bits per heavy atom. The quantitative estimate of drug-likeness (QED) is 0.917. The van der Waals surface area contributed by atoms with E-state index < -0.39 is 6.10 Å². The van der Waals surface area contributed by atoms with Gasteiger partial charge in [-0.1, -0.05) is 18.9 Å². The van der Waals surface area contributed by atoms with Crippen LogP contribution < -0.4 is 0 Å². The van der Waals surface area contributed by atoms with Crippen LogP contribution in [0.15, 0.2) is 29.8 Å². The highest BCUT2D eigenvalue weighted by molar-refractivity contribution is 7.10. The molecule has 0 aliphatic heterocycles. The van der Waals surface area contributed by atoms with Crippen LogP contribution in [0.25, 0.3) is 0 Å². The minimum atomic E-state index is -0.420. The molecule has 1 aliphatic carbocycles. The fraction of sp³-hybridized carbons (Fsp3) is 0.500. The minimum absolute atomic E-state index is 0.420. The fourth-order valence-electron chi connectivity index (χ4n) is 2.64. The van der Waals surface area contributed by atoms with Crippen LogP contribution in [0.2, 0.25) is 0 Å². The third kappa shape index (κ3) is 2.49. The molecular formula is C14H18N2OS. The molecule has 0 saturated heterocycles. The van der Waals surface area contributed by atoms with Crippen molar-refractivity contribution in [2.24, 2.45) is 0 Å². The van der Waals surface area contributed by atoms with Gasteiger partial charge in [-0.3, -0.25) is 4.68 Å². The van der Waals surface area contributed by atoms with Gasteiger partial charge in [0.1, 0.15) is 0 Å². The van der Waals surface area contributed by atoms with Gasteiger partial charge in [-0.15, -0.1) is 11.3 Å². The van der Waals surface area contributed by atoms with E-state index in [2.05, 4.69) is 16.0 Å². The van der Waals surface area contributed by atoms with Crippen molar-refractivity contribution in [3.63, 3.8) is 0 Å². The molecule has 4 heteroatoms. The van der Waals surface area contributed by atoms with Gasteiger partial charge in [-0.25, -0.2) is 0 Å². The van der Waals surface area contributed by atoms with Gasteiger partial charge in [0, 0.05) is 17.5 Å². The van der Waals surface area contributed by atoms with Gasteiger partial charge in [0.2, 0.25) is 0 Å². The number of nitrogens with zero attached hydrogens (tertiary/aromatic N) is 2. The number of aliphatic hydroxyl groups is 1. The summed E-state index contributed by atoms with van der Waals surface area (Å²) in [6, 6.07) is 6.57. The summed E-state index contributed by atoms with van der Waals surface area (Å²) >= 11 is 1.60. The number of aliphatic hydroxyl groups excluding tert-OH is 1. The molecule has 3 rings (SSSR count). The molecule has 96 valence electrons. The molecule has 1 aliphatic rings. The summed E-state index contributed by atoms with van der Waals surface area (Å²) in [4.78, 5) is 1.02. The largest absolute Gasteiger partial charge is 0.387 e. The molecular weight excluding hydrogens is 244 g/mol. The summed E-state index contributed by atoms with van der Waals surface area (Å²) in [6.45, 7) is 0. The molecule has 3 nitrogen and oxygen atoms in total. The average molecular weight is 262 g/mol. The number of thiophene rings is 1. The Bertz CT molecular complexity index is 486. The Morgan fingerprint density at radius 3 is 2.94 bits per heavy atom. The van der Waals surface area contributed by atoms with Gasteiger partial charge in [-0.2, -0.15) is 5.10 Å². The predicted octanol–water partition coefficient (Wildman–Crippen LogP) is 3.34. The molecule has 0 aromatic carbocycles. The monoisotopic (exact) mass is 262 g/mol. The molecule has 0 spiro atoms. The van der Waals surface area contributed by atoms with Gasteiger partial charge in [0.25, 0.3) is 0 Å². The van der Waals surface area contributed by atoms with Crippen molar-refractivity contribution < 1.29 is 5.11 Å². The van der Waals surface area contributed by atoms with Gasteiger partial charge in [0.05, 0.1) is 17.8 Å². The number of aromatic nitrogens is 2. The fourth-order valence-corrected chi connectivity index (χ4v) is 3.35. The smallest absolute Gasteiger partial charge is 0.0937 e. The number of rotatable bonds is 4. The van der Waals surface area contributed by atoms with E-state index in [0.29, 0.717) is 12.5 Å². The van der Waals surface area contributed by atoms with Gasteiger partial charge in [-0.05, 0) is 30.4 Å². The summed E-state index contributed by atoms with van der Waals surface area (Å²) in [5.74, 6) is 0. The van der Waals surface area contributed by atoms with Crippen LogP contribution in [0, 0.1) is 0 Å². The molecule has 0 radical (unpaired) electrons. The molecule has 0 bridgehead atoms. The summed E-state index contributed by atoms with van der Waals surface area (Å²) in [7, 11) is 0. The van der Waals surface area contributed by atoms with E-state index >= 15 is 0 Å². The lowest BCUT2D eigenvalue weighted by atomic mass is 10.2. The van der Waals surface area contributed by atoms with E-state index in [9.17, 15) is 5.11 Å². The molecule has 18 heavy (non-hydrogen) atoms. The first-order valence-electron chi connectivity index (χ1n) is 6.58. The van der Waals surface area contributed by atoms with E-state index in [1.54, 1.807) is 11.3 Å². The van der Waals surface area contributed by atoms with Crippen molar-refractivity contribution >= 4 is 11.3 Å². The highest BCUT2D eigenvalue weighted by atomic mass is 32.1. The standard InChI is InChI=1S/C14H18N2OS/c17-13(14-6-3-9-18-14)10-11-7-8-16(15-11)12-4-1-2-5-12/h3,6-9,12-13,17H,1-2,4-5,10H2. The van der Waals surface area contributed by atoms with E-state index in [1.165, 1.54) is 25.7 Å². The van der Waals surface area contributed by atoms with E-state index in [0.717, 1.165) is 10.6 Å². The second-order valence-corrected chi connectivity index (χ2v) is 5.94. The summed E-state index contributed by atoms with van der Waals surface area (Å²) in [5, 5.41) is 16.7. The third-order valence-corrected chi connectivity index (χ3v) is 4.61. The Labute approximate surface area is 111 Å². The average Bonchev–Trinajstić information content (AvgIpc) is 3.12. The van der Waals surface area contributed by atoms with E-state index in [-0.39, 0.29) is 0 Å². The van der Waals surface area contributed by atoms with Crippen molar-refractivity contribution in [1.82, 2.24) is 9.78 Å². The zero-order valence-electron chi connectivity index (χ0n) is 10.3. The molecule has 1 saturated carbocycles. The first-order chi connectivity index (χ1) is 8.83. The van der Waals surface area contributed by atoms with Crippen LogP contribution in [0.4, 0.5) is 0 Å². The normalized spacial score (nSPS) is 18.3. The molecule has 1 N–H and O–H groups in total. The van der Waals surface area contributed by atoms with Crippen molar-refractivity contribution in [1.29, 1.82) is 0 Å². The third-order valence-electron chi connectivity index (χ3n) is 3.64. The Morgan fingerprint density at radius 2 is 2.22 bits per heavy atom. The minimum Gasteiger partial charge on any atom is -0.387 e. The molecule has 2 aromatic heterocycles. The van der Waals surface area contributed by atoms with Gasteiger partial charge >= 0.3 is 0 Å². The highest BCUT2D eigenvalue weighted by Gasteiger charge is 2.18. The van der Waals surface area contributed by atoms with Crippen LogP contribution in [0.3, 0.4) is 0 Å². The first kappa shape index (κ1) is 11.9. The number of hydrogen-bond donors (Lipinski definition) is 1. The maximum Gasteiger partial charge on any atom is 0.0937 e. The van der Waals surface area contributed by atoms with Crippen LogP contribution in [0.5, 0.6) is 0 Å². The SMILES string of the molecule is OC(Cc1ccn(C2CCCC2)n1)c1cccs1. The van der Waals surface area contributed by atoms with Crippen molar-refractivity contribution in [3.8, 4) is 0 Å². The lowest BCUT2D eigenvalue weighted by molar-refractivity contribution is 0.180. The molecule has 2 heterocycles. The lowest BCUT2D eigenvalue weighted by Gasteiger charge is -2.09. The molecule has 1 unspecified atom stereocenters. The molecule has 0 amide bonds. The van der Waals surface area contributed by atoms with Gasteiger partial charge < -0.3 is 5.11 Å². The van der Waals surface area contributed by atoms with Crippen LogP contribution in [0.1, 0.15) is 48.4 Å². The van der Waals surface area contributed by atoms with Crippen LogP contribution in [-0.4, -0.2) is 14.9 Å². The number of hydrogen-bond acceptors (Lipinski definition) is 3. The van der Waals surface area contributed by atoms with Crippen LogP contribution in [-0.2, 0) is 6.42 Å². The Balaban J connectivity index is 1.66. The Hall–Kier alpha value is -1.13.